The highest BCUT2D eigenvalue weighted by Gasteiger charge is 2.05. The predicted octanol–water partition coefficient (Wildman–Crippen LogP) is 2.37. The fraction of sp³-hybridized carbons (Fsp3) is 0.600. The molecular weight excluding hydrogens is 226 g/mol. The molecule has 0 saturated heterocycles. The first kappa shape index (κ1) is 15.2. The minimum absolute atomic E-state index is 0.443. The first-order chi connectivity index (χ1) is 8.70. The molecule has 0 heterocycles. The molecule has 0 aromatic heterocycles. The van der Waals surface area contributed by atoms with Crippen molar-refractivity contribution in [3.63, 3.8) is 0 Å². The van der Waals surface area contributed by atoms with Crippen molar-refractivity contribution in [2.24, 2.45) is 5.92 Å². The van der Waals surface area contributed by atoms with Gasteiger partial charge in [0.25, 0.3) is 0 Å². The van der Waals surface area contributed by atoms with Gasteiger partial charge in [-0.15, -0.1) is 0 Å². The van der Waals surface area contributed by atoms with Crippen LogP contribution in [0.1, 0.15) is 31.9 Å². The quantitative estimate of drug-likeness (QED) is 0.662. The van der Waals surface area contributed by atoms with E-state index in [-0.39, 0.29) is 0 Å². The molecule has 1 unspecified atom stereocenters. The van der Waals surface area contributed by atoms with Crippen LogP contribution in [0.3, 0.4) is 0 Å². The molecule has 0 aliphatic rings. The molecule has 1 rings (SSSR count). The highest BCUT2D eigenvalue weighted by atomic mass is 16.5. The van der Waals surface area contributed by atoms with Crippen molar-refractivity contribution in [2.45, 2.75) is 26.4 Å². The predicted molar refractivity (Wildman–Crippen MR) is 74.5 cm³/mol. The van der Waals surface area contributed by atoms with Crippen LogP contribution in [0.25, 0.3) is 0 Å². The van der Waals surface area contributed by atoms with E-state index < -0.39 is 6.10 Å². The molecule has 0 aliphatic carbocycles. The zero-order chi connectivity index (χ0) is 13.2. The third kappa shape index (κ3) is 6.74. The summed E-state index contributed by atoms with van der Waals surface area (Å²) < 4.78 is 5.49. The molecule has 0 bridgehead atoms. The number of benzene rings is 1. The van der Waals surface area contributed by atoms with Crippen LogP contribution < -0.4 is 5.32 Å². The third-order valence-electron chi connectivity index (χ3n) is 2.78. The van der Waals surface area contributed by atoms with Gasteiger partial charge in [-0.25, -0.2) is 0 Å². The fourth-order valence-corrected chi connectivity index (χ4v) is 1.60. The van der Waals surface area contributed by atoms with Gasteiger partial charge in [-0.2, -0.15) is 0 Å². The molecule has 0 aliphatic heterocycles. The van der Waals surface area contributed by atoms with Crippen LogP contribution >= 0.6 is 0 Å². The van der Waals surface area contributed by atoms with Crippen LogP contribution in [0.2, 0.25) is 0 Å². The Morgan fingerprint density at radius 3 is 2.56 bits per heavy atom. The molecule has 3 nitrogen and oxygen atoms in total. The summed E-state index contributed by atoms with van der Waals surface area (Å²) in [4.78, 5) is 0. The largest absolute Gasteiger partial charge is 0.387 e. The van der Waals surface area contributed by atoms with Crippen molar-refractivity contribution in [1.82, 2.24) is 5.32 Å². The van der Waals surface area contributed by atoms with Crippen molar-refractivity contribution in [3.8, 4) is 0 Å². The lowest BCUT2D eigenvalue weighted by molar-refractivity contribution is 0.119. The van der Waals surface area contributed by atoms with Crippen molar-refractivity contribution in [1.29, 1.82) is 0 Å². The van der Waals surface area contributed by atoms with E-state index >= 15 is 0 Å². The summed E-state index contributed by atoms with van der Waals surface area (Å²) in [7, 11) is 0. The minimum atomic E-state index is -0.443. The Morgan fingerprint density at radius 2 is 1.89 bits per heavy atom. The molecule has 1 aromatic rings. The van der Waals surface area contributed by atoms with Crippen LogP contribution in [-0.2, 0) is 4.74 Å². The Bertz CT molecular complexity index is 301. The maximum atomic E-state index is 9.89. The third-order valence-corrected chi connectivity index (χ3v) is 2.78. The summed E-state index contributed by atoms with van der Waals surface area (Å²) >= 11 is 0. The van der Waals surface area contributed by atoms with Gasteiger partial charge in [0, 0.05) is 19.7 Å². The van der Waals surface area contributed by atoms with Gasteiger partial charge in [-0.05, 0) is 17.9 Å². The van der Waals surface area contributed by atoms with E-state index in [1.165, 1.54) is 0 Å². The van der Waals surface area contributed by atoms with Gasteiger partial charge in [0.2, 0.25) is 0 Å². The second kappa shape index (κ2) is 9.09. The zero-order valence-electron chi connectivity index (χ0n) is 11.4. The Balaban J connectivity index is 2.01. The Morgan fingerprint density at radius 1 is 1.17 bits per heavy atom. The maximum absolute atomic E-state index is 9.89. The number of hydrogen-bond acceptors (Lipinski definition) is 3. The monoisotopic (exact) mass is 251 g/mol. The van der Waals surface area contributed by atoms with E-state index in [0.717, 1.165) is 25.1 Å². The summed E-state index contributed by atoms with van der Waals surface area (Å²) in [5, 5.41) is 13.1. The van der Waals surface area contributed by atoms with Gasteiger partial charge < -0.3 is 15.2 Å². The van der Waals surface area contributed by atoms with Crippen molar-refractivity contribution in [3.05, 3.63) is 35.9 Å². The normalized spacial score (nSPS) is 12.9. The maximum Gasteiger partial charge on any atom is 0.0914 e. The van der Waals surface area contributed by atoms with Gasteiger partial charge in [0.1, 0.15) is 0 Å². The lowest BCUT2D eigenvalue weighted by Crippen LogP contribution is -2.25. The SMILES string of the molecule is CC(C)CCOCCNCC(O)c1ccccc1. The average molecular weight is 251 g/mol. The molecule has 2 N–H and O–H groups in total. The second-order valence-corrected chi connectivity index (χ2v) is 4.93. The average Bonchev–Trinajstić information content (AvgIpc) is 2.38. The van der Waals surface area contributed by atoms with E-state index in [4.69, 9.17) is 4.74 Å². The van der Waals surface area contributed by atoms with Crippen LogP contribution in [0.4, 0.5) is 0 Å². The van der Waals surface area contributed by atoms with Gasteiger partial charge in [0.05, 0.1) is 12.7 Å². The lowest BCUT2D eigenvalue weighted by Gasteiger charge is -2.12. The van der Waals surface area contributed by atoms with Gasteiger partial charge >= 0.3 is 0 Å². The van der Waals surface area contributed by atoms with E-state index in [1.807, 2.05) is 30.3 Å². The summed E-state index contributed by atoms with van der Waals surface area (Å²) in [6, 6.07) is 9.70. The van der Waals surface area contributed by atoms with E-state index in [9.17, 15) is 5.11 Å². The number of ether oxygens (including phenoxy) is 1. The summed E-state index contributed by atoms with van der Waals surface area (Å²) in [6.45, 7) is 7.25. The molecule has 1 aromatic carbocycles. The molecular formula is C15H25NO2. The molecule has 102 valence electrons. The highest BCUT2D eigenvalue weighted by molar-refractivity contribution is 5.17. The molecule has 0 spiro atoms. The molecule has 0 fully saturated rings. The molecule has 0 radical (unpaired) electrons. The topological polar surface area (TPSA) is 41.5 Å². The highest BCUT2D eigenvalue weighted by Crippen LogP contribution is 2.10. The number of nitrogens with one attached hydrogen (secondary N) is 1. The first-order valence-electron chi connectivity index (χ1n) is 6.71. The summed E-state index contributed by atoms with van der Waals surface area (Å²) in [5.74, 6) is 0.692. The second-order valence-electron chi connectivity index (χ2n) is 4.93. The van der Waals surface area contributed by atoms with Crippen LogP contribution in [0.5, 0.6) is 0 Å². The Labute approximate surface area is 110 Å². The molecule has 0 saturated carbocycles. The first-order valence-corrected chi connectivity index (χ1v) is 6.71. The molecule has 3 heteroatoms. The van der Waals surface area contributed by atoms with Crippen molar-refractivity contribution >= 4 is 0 Å². The Hall–Kier alpha value is -0.900. The number of rotatable bonds is 9. The van der Waals surface area contributed by atoms with Crippen molar-refractivity contribution < 1.29 is 9.84 Å². The summed E-state index contributed by atoms with van der Waals surface area (Å²) in [5.41, 5.74) is 0.950. The molecule has 18 heavy (non-hydrogen) atoms. The standard InChI is InChI=1S/C15H25NO2/c1-13(2)8-10-18-11-9-16-12-15(17)14-6-4-3-5-7-14/h3-7,13,15-17H,8-12H2,1-2H3. The van der Waals surface area contributed by atoms with Gasteiger partial charge in [-0.1, -0.05) is 44.2 Å². The molecule has 0 amide bonds. The number of aliphatic hydroxyl groups excluding tert-OH is 1. The summed E-state index contributed by atoms with van der Waals surface area (Å²) in [6.07, 6.45) is 0.661. The smallest absolute Gasteiger partial charge is 0.0914 e. The minimum Gasteiger partial charge on any atom is -0.387 e. The lowest BCUT2D eigenvalue weighted by atomic mass is 10.1. The zero-order valence-corrected chi connectivity index (χ0v) is 11.4. The van der Waals surface area contributed by atoms with Gasteiger partial charge in [-0.3, -0.25) is 0 Å². The van der Waals surface area contributed by atoms with Crippen LogP contribution in [-0.4, -0.2) is 31.4 Å². The van der Waals surface area contributed by atoms with Crippen LogP contribution in [0.15, 0.2) is 30.3 Å². The van der Waals surface area contributed by atoms with E-state index in [2.05, 4.69) is 19.2 Å². The Kier molecular flexibility index (Phi) is 7.65. The molecule has 1 atom stereocenters. The van der Waals surface area contributed by atoms with Crippen molar-refractivity contribution in [2.75, 3.05) is 26.3 Å². The number of aliphatic hydroxyl groups is 1. The van der Waals surface area contributed by atoms with E-state index in [1.54, 1.807) is 0 Å². The van der Waals surface area contributed by atoms with Gasteiger partial charge in [0.15, 0.2) is 0 Å². The fourth-order valence-electron chi connectivity index (χ4n) is 1.60. The number of hydrogen-bond donors (Lipinski definition) is 2. The van der Waals surface area contributed by atoms with Crippen LogP contribution in [0, 0.1) is 5.92 Å². The van der Waals surface area contributed by atoms with E-state index in [0.29, 0.717) is 19.1 Å².